The lowest BCUT2D eigenvalue weighted by molar-refractivity contribution is -0.134. The molecule has 26 heavy (non-hydrogen) atoms. The van der Waals surface area contributed by atoms with Crippen LogP contribution < -0.4 is 10.6 Å². The number of allylic oxidation sites excluding steroid dienone is 2. The van der Waals surface area contributed by atoms with E-state index in [1.807, 2.05) is 0 Å². The van der Waals surface area contributed by atoms with Gasteiger partial charge in [0.1, 0.15) is 0 Å². The highest BCUT2D eigenvalue weighted by Crippen LogP contribution is 2.14. The predicted octanol–water partition coefficient (Wildman–Crippen LogP) is 2.46. The molecule has 0 radical (unpaired) electrons. The highest BCUT2D eigenvalue weighted by atomic mass is 32.2. The largest absolute Gasteiger partial charge is 0.480 e. The number of sulfone groups is 1. The van der Waals surface area contributed by atoms with E-state index in [1.165, 1.54) is 49.2 Å². The number of carboxylic acid groups (broad SMARTS) is 1. The number of carboxylic acids is 1. The summed E-state index contributed by atoms with van der Waals surface area (Å²) in [4.78, 5) is 10.2. The summed E-state index contributed by atoms with van der Waals surface area (Å²) in [5.41, 5.74) is 2.82. The average molecular weight is 378 g/mol. The summed E-state index contributed by atoms with van der Waals surface area (Å²) in [5, 5.41) is 15.2. The maximum absolute atomic E-state index is 11.3. The SMILES string of the molecule is C1=C(CC2=CCCCN2)NCCC1.O=C(O)CS(=O)(=O)c1ccccc1. The summed E-state index contributed by atoms with van der Waals surface area (Å²) in [5.74, 6) is -2.21. The van der Waals surface area contributed by atoms with Gasteiger partial charge in [0, 0.05) is 30.9 Å². The van der Waals surface area contributed by atoms with E-state index >= 15 is 0 Å². The number of aliphatic carboxylic acids is 1. The van der Waals surface area contributed by atoms with E-state index in [-0.39, 0.29) is 4.90 Å². The first-order chi connectivity index (χ1) is 12.5. The third-order valence-electron chi connectivity index (χ3n) is 4.04. The second-order valence-electron chi connectivity index (χ2n) is 6.24. The van der Waals surface area contributed by atoms with Gasteiger partial charge in [-0.05, 0) is 37.8 Å². The van der Waals surface area contributed by atoms with Gasteiger partial charge in [-0.1, -0.05) is 30.4 Å². The molecule has 3 N–H and O–H groups in total. The smallest absolute Gasteiger partial charge is 0.319 e. The van der Waals surface area contributed by atoms with Crippen molar-refractivity contribution >= 4 is 15.8 Å². The van der Waals surface area contributed by atoms with Crippen molar-refractivity contribution in [2.24, 2.45) is 0 Å². The molecule has 0 amide bonds. The van der Waals surface area contributed by atoms with E-state index < -0.39 is 21.6 Å². The summed E-state index contributed by atoms with van der Waals surface area (Å²) in [6.45, 7) is 2.30. The second kappa shape index (κ2) is 10.0. The third kappa shape index (κ3) is 6.92. The van der Waals surface area contributed by atoms with Crippen molar-refractivity contribution in [2.75, 3.05) is 18.8 Å². The zero-order valence-corrected chi connectivity index (χ0v) is 15.6. The summed E-state index contributed by atoms with van der Waals surface area (Å²) in [7, 11) is -3.66. The maximum atomic E-state index is 11.3. The first-order valence-corrected chi connectivity index (χ1v) is 10.5. The van der Waals surface area contributed by atoms with Crippen molar-refractivity contribution < 1.29 is 18.3 Å². The number of rotatable bonds is 5. The van der Waals surface area contributed by atoms with Crippen molar-refractivity contribution in [3.05, 3.63) is 53.9 Å². The molecular formula is C19H26N2O4S. The Morgan fingerprint density at radius 1 is 0.962 bits per heavy atom. The first kappa shape index (κ1) is 20.0. The highest BCUT2D eigenvalue weighted by Gasteiger charge is 2.17. The predicted molar refractivity (Wildman–Crippen MR) is 101 cm³/mol. The van der Waals surface area contributed by atoms with Gasteiger partial charge in [-0.25, -0.2) is 8.42 Å². The minimum absolute atomic E-state index is 0.0393. The van der Waals surface area contributed by atoms with Gasteiger partial charge in [-0.15, -0.1) is 0 Å². The van der Waals surface area contributed by atoms with E-state index in [0.29, 0.717) is 0 Å². The summed E-state index contributed by atoms with van der Waals surface area (Å²) in [6, 6.07) is 7.51. The van der Waals surface area contributed by atoms with Crippen LogP contribution in [0.5, 0.6) is 0 Å². The maximum Gasteiger partial charge on any atom is 0.319 e. The molecule has 0 fully saturated rings. The van der Waals surface area contributed by atoms with Gasteiger partial charge in [0.25, 0.3) is 0 Å². The zero-order valence-electron chi connectivity index (χ0n) is 14.8. The fraction of sp³-hybridized carbons (Fsp3) is 0.421. The molecule has 0 spiro atoms. The van der Waals surface area contributed by atoms with Gasteiger partial charge >= 0.3 is 5.97 Å². The van der Waals surface area contributed by atoms with Crippen molar-refractivity contribution in [3.8, 4) is 0 Å². The Balaban J connectivity index is 0.000000187. The Morgan fingerprint density at radius 3 is 1.92 bits per heavy atom. The van der Waals surface area contributed by atoms with Crippen LogP contribution in [0.2, 0.25) is 0 Å². The van der Waals surface area contributed by atoms with Crippen molar-refractivity contribution in [1.82, 2.24) is 10.6 Å². The number of hydrogen-bond donors (Lipinski definition) is 3. The molecule has 6 nitrogen and oxygen atoms in total. The Morgan fingerprint density at radius 2 is 1.50 bits per heavy atom. The third-order valence-corrected chi connectivity index (χ3v) is 5.66. The van der Waals surface area contributed by atoms with Gasteiger partial charge in [0.15, 0.2) is 15.6 Å². The lowest BCUT2D eigenvalue weighted by Crippen LogP contribution is -2.24. The van der Waals surface area contributed by atoms with Crippen LogP contribution in [0.1, 0.15) is 32.1 Å². The summed E-state index contributed by atoms with van der Waals surface area (Å²) >= 11 is 0. The molecule has 1 aromatic rings. The molecule has 0 saturated heterocycles. The van der Waals surface area contributed by atoms with Gasteiger partial charge < -0.3 is 15.7 Å². The van der Waals surface area contributed by atoms with E-state index in [2.05, 4.69) is 22.8 Å². The number of carbonyl (C=O) groups is 1. The van der Waals surface area contributed by atoms with Crippen LogP contribution in [-0.4, -0.2) is 38.3 Å². The highest BCUT2D eigenvalue weighted by molar-refractivity contribution is 7.92. The van der Waals surface area contributed by atoms with E-state index in [9.17, 15) is 13.2 Å². The van der Waals surface area contributed by atoms with Crippen LogP contribution in [0, 0.1) is 0 Å². The summed E-state index contributed by atoms with van der Waals surface area (Å²) < 4.78 is 22.5. The number of nitrogens with one attached hydrogen (secondary N) is 2. The molecule has 3 rings (SSSR count). The minimum Gasteiger partial charge on any atom is -0.480 e. The number of benzene rings is 1. The van der Waals surface area contributed by atoms with Gasteiger partial charge in [0.05, 0.1) is 4.90 Å². The fourth-order valence-electron chi connectivity index (χ4n) is 2.75. The topological polar surface area (TPSA) is 95.5 Å². The molecule has 0 bridgehead atoms. The Bertz CT molecular complexity index is 731. The van der Waals surface area contributed by atoms with E-state index in [1.54, 1.807) is 18.2 Å². The molecule has 0 atom stereocenters. The van der Waals surface area contributed by atoms with Crippen LogP contribution in [0.3, 0.4) is 0 Å². The van der Waals surface area contributed by atoms with Gasteiger partial charge in [0.2, 0.25) is 0 Å². The Hall–Kier alpha value is -2.28. The van der Waals surface area contributed by atoms with Crippen molar-refractivity contribution in [2.45, 2.75) is 37.0 Å². The lowest BCUT2D eigenvalue weighted by atomic mass is 10.1. The summed E-state index contributed by atoms with van der Waals surface area (Å²) in [6.07, 6.45) is 10.8. The zero-order chi connectivity index (χ0) is 18.8. The van der Waals surface area contributed by atoms with E-state index in [0.717, 1.165) is 19.5 Å². The van der Waals surface area contributed by atoms with Crippen LogP contribution in [0.4, 0.5) is 0 Å². The Kier molecular flexibility index (Phi) is 7.72. The molecule has 0 aliphatic carbocycles. The van der Waals surface area contributed by atoms with Crippen LogP contribution in [0.25, 0.3) is 0 Å². The van der Waals surface area contributed by atoms with Crippen LogP contribution in [-0.2, 0) is 14.6 Å². The molecular weight excluding hydrogens is 352 g/mol. The Labute approximate surface area is 154 Å². The van der Waals surface area contributed by atoms with E-state index in [4.69, 9.17) is 5.11 Å². The molecule has 142 valence electrons. The normalized spacial score (nSPS) is 16.8. The lowest BCUT2D eigenvalue weighted by Gasteiger charge is -2.20. The number of hydrogen-bond acceptors (Lipinski definition) is 5. The average Bonchev–Trinajstić information content (AvgIpc) is 2.64. The van der Waals surface area contributed by atoms with Gasteiger partial charge in [-0.3, -0.25) is 4.79 Å². The molecule has 2 aliphatic heterocycles. The standard InChI is InChI=1S/C11H18N2.C8H8O4S/c1-3-7-12-10(5-1)9-11-6-2-4-8-13-11;9-8(10)6-13(11,12)7-4-2-1-3-5-7/h5-6,12-13H,1-4,7-9H2;1-5H,6H2,(H,9,10). The molecule has 2 heterocycles. The molecule has 2 aliphatic rings. The molecule has 0 saturated carbocycles. The van der Waals surface area contributed by atoms with Crippen LogP contribution in [0.15, 0.2) is 58.8 Å². The quantitative estimate of drug-likeness (QED) is 0.728. The van der Waals surface area contributed by atoms with Crippen molar-refractivity contribution in [1.29, 1.82) is 0 Å². The first-order valence-electron chi connectivity index (χ1n) is 8.83. The molecule has 1 aromatic carbocycles. The van der Waals surface area contributed by atoms with Gasteiger partial charge in [-0.2, -0.15) is 0 Å². The van der Waals surface area contributed by atoms with Crippen molar-refractivity contribution in [3.63, 3.8) is 0 Å². The molecule has 0 unspecified atom stereocenters. The second-order valence-corrected chi connectivity index (χ2v) is 8.23. The fourth-order valence-corrected chi connectivity index (χ4v) is 3.81. The molecule has 7 heteroatoms. The molecule has 0 aromatic heterocycles. The monoisotopic (exact) mass is 378 g/mol. The van der Waals surface area contributed by atoms with Crippen LogP contribution >= 0.6 is 0 Å². The minimum atomic E-state index is -3.66.